The van der Waals surface area contributed by atoms with E-state index in [1.54, 1.807) is 24.3 Å². The number of carbonyl (C=O) groups excluding carboxylic acids is 4. The van der Waals surface area contributed by atoms with Gasteiger partial charge in [0.15, 0.2) is 23.0 Å². The summed E-state index contributed by atoms with van der Waals surface area (Å²) in [5.74, 6) is -5.47. The lowest BCUT2D eigenvalue weighted by Gasteiger charge is -2.19. The fourth-order valence-corrected chi connectivity index (χ4v) is 9.89. The van der Waals surface area contributed by atoms with Crippen molar-refractivity contribution in [2.24, 2.45) is 10.2 Å². The molecule has 37 heteroatoms. The number of nitrogens with zero attached hydrogens (tertiary/aromatic N) is 2. The lowest BCUT2D eigenvalue weighted by molar-refractivity contribution is 0.0934. The van der Waals surface area contributed by atoms with Gasteiger partial charge < -0.3 is 49.7 Å². The number of carbonyl (C=O) groups is 4. The van der Waals surface area contributed by atoms with Crippen molar-refractivity contribution in [3.8, 4) is 34.5 Å². The maximum atomic E-state index is 13.4. The summed E-state index contributed by atoms with van der Waals surface area (Å²) in [6.07, 6.45) is 0.144. The minimum Gasteiger partial charge on any atom is -0.489 e. The molecule has 494 valence electrons. The Bertz CT molecular complexity index is 3550. The summed E-state index contributed by atoms with van der Waals surface area (Å²) in [4.78, 5) is 52.6. The summed E-state index contributed by atoms with van der Waals surface area (Å²) in [5, 5.41) is 19.3. The molecule has 9 N–H and O–H groups in total. The fraction of sp³-hybridized carbons (Fsp3) is 0.462. The third-order valence-electron chi connectivity index (χ3n) is 11.5. The maximum absolute atomic E-state index is 13.4. The van der Waals surface area contributed by atoms with E-state index in [4.69, 9.17) is 51.2 Å². The quantitative estimate of drug-likeness (QED) is 0.0129. The van der Waals surface area contributed by atoms with Crippen molar-refractivity contribution in [2.75, 3.05) is 100 Å². The highest BCUT2D eigenvalue weighted by Crippen LogP contribution is 2.41. The van der Waals surface area contributed by atoms with Crippen LogP contribution < -0.4 is 49.7 Å². The van der Waals surface area contributed by atoms with Crippen molar-refractivity contribution >= 4 is 98.2 Å². The van der Waals surface area contributed by atoms with Crippen molar-refractivity contribution in [3.05, 3.63) is 95.1 Å². The van der Waals surface area contributed by atoms with Gasteiger partial charge in [-0.3, -0.25) is 41.9 Å². The largest absolute Gasteiger partial charge is 0.489 e. The Morgan fingerprint density at radius 2 is 0.584 bits per heavy atom. The number of hydrogen-bond donors (Lipinski definition) is 10. The fourth-order valence-electron chi connectivity index (χ4n) is 7.34. The summed E-state index contributed by atoms with van der Waals surface area (Å²) in [6.45, 7) is -0.891. The lowest BCUT2D eigenvalue weighted by atomic mass is 10.1. The second kappa shape index (κ2) is 36.7. The van der Waals surface area contributed by atoms with Crippen LogP contribution in [0.15, 0.2) is 83.0 Å². The zero-order valence-corrected chi connectivity index (χ0v) is 52.7. The van der Waals surface area contributed by atoms with Gasteiger partial charge in [0.25, 0.3) is 74.2 Å². The summed E-state index contributed by atoms with van der Waals surface area (Å²) in [6, 6.07) is 17.4. The average molecular weight is 1370 g/mol. The first kappa shape index (κ1) is 74.5. The molecule has 0 heterocycles. The predicted molar refractivity (Wildman–Crippen MR) is 325 cm³/mol. The Hall–Kier alpha value is -6.94. The number of benzene rings is 4. The molecule has 0 saturated carbocycles. The Morgan fingerprint density at radius 1 is 0.348 bits per heavy atom. The van der Waals surface area contributed by atoms with Gasteiger partial charge in [0, 0.05) is 48.4 Å². The third-order valence-corrected chi connectivity index (χ3v) is 15.9. The standard InChI is InChI=1S/C52H70N6O25S6/c59-49(53-17-1-19-55-51(61)39-33-43(78-21-3-27-84)47(82-25-7-31-88(72,73)74)44(34-39)79-22-4-28-85(63,64)65)37-9-13-41(14-10-37)57-58-42-15-11-38(12-16-42)50(60)54-18-2-20-56-52(62)40-35-45(80-23-5-29-86(66,67)68)48(83-26-8-32-89(75,76)77)46(36-40)81-24-6-30-87(69,70)71/h9-16,33-36,84H,1-8,17-32H2,(H,53,59)(H,54,60)(H,55,61)(H,56,62)(H,63,64,65)(H,66,67,68)(H,69,70,71)(H,72,73,74)(H,75,76,77). The second-order valence-corrected chi connectivity index (χ2v) is 27.3. The van der Waals surface area contributed by atoms with Crippen molar-refractivity contribution in [2.45, 2.75) is 51.4 Å². The smallest absolute Gasteiger partial charge is 0.264 e. The van der Waals surface area contributed by atoms with Crippen LogP contribution in [0.25, 0.3) is 0 Å². The Balaban J connectivity index is 1.27. The molecule has 31 nitrogen and oxygen atoms in total. The van der Waals surface area contributed by atoms with E-state index in [-0.39, 0.29) is 156 Å². The molecule has 0 aliphatic rings. The van der Waals surface area contributed by atoms with Gasteiger partial charge >= 0.3 is 0 Å². The van der Waals surface area contributed by atoms with Crippen molar-refractivity contribution in [1.29, 1.82) is 0 Å². The van der Waals surface area contributed by atoms with Gasteiger partial charge in [-0.15, -0.1) is 0 Å². The van der Waals surface area contributed by atoms with Crippen LogP contribution in [0, 0.1) is 0 Å². The van der Waals surface area contributed by atoms with E-state index in [2.05, 4.69) is 44.1 Å². The summed E-state index contributed by atoms with van der Waals surface area (Å²) < 4.78 is 193. The Morgan fingerprint density at radius 3 is 0.831 bits per heavy atom. The van der Waals surface area contributed by atoms with Crippen LogP contribution in [0.5, 0.6) is 34.5 Å². The highest BCUT2D eigenvalue weighted by Gasteiger charge is 2.23. The molecule has 0 saturated heterocycles. The van der Waals surface area contributed by atoms with Crippen LogP contribution in [0.2, 0.25) is 0 Å². The molecule has 0 radical (unpaired) electrons. The first-order chi connectivity index (χ1) is 41.9. The lowest BCUT2D eigenvalue weighted by Crippen LogP contribution is -2.30. The molecule has 0 spiro atoms. The maximum Gasteiger partial charge on any atom is 0.264 e. The van der Waals surface area contributed by atoms with E-state index in [1.807, 2.05) is 0 Å². The van der Waals surface area contributed by atoms with Gasteiger partial charge in [-0.25, -0.2) is 0 Å². The summed E-state index contributed by atoms with van der Waals surface area (Å²) in [7, 11) is -21.7. The van der Waals surface area contributed by atoms with Crippen LogP contribution in [-0.2, 0) is 50.6 Å². The van der Waals surface area contributed by atoms with E-state index < -0.39 is 103 Å². The minimum atomic E-state index is -4.37. The van der Waals surface area contributed by atoms with Crippen LogP contribution in [-0.4, -0.2) is 189 Å². The highest BCUT2D eigenvalue weighted by atomic mass is 32.2. The van der Waals surface area contributed by atoms with E-state index in [0.717, 1.165) is 0 Å². The van der Waals surface area contributed by atoms with E-state index in [9.17, 15) is 61.3 Å². The molecule has 89 heavy (non-hydrogen) atoms. The molecule has 0 aliphatic heterocycles. The second-order valence-electron chi connectivity index (χ2n) is 19.0. The Labute approximate surface area is 520 Å². The van der Waals surface area contributed by atoms with E-state index in [1.165, 1.54) is 48.5 Å². The molecule has 0 atom stereocenters. The zero-order chi connectivity index (χ0) is 65.7. The van der Waals surface area contributed by atoms with Gasteiger partial charge in [0.05, 0.1) is 79.8 Å². The average Bonchev–Trinajstić information content (AvgIpc) is 1.40. The topological polar surface area (TPSA) is 468 Å². The Kier molecular flexibility index (Phi) is 30.7. The SMILES string of the molecule is O=C(NCCCNC(=O)c1cc(OCCCS)c(OCCCS(=O)(=O)O)c(OCCCS(=O)(=O)O)c1)c1ccc(N=Nc2ccc(C(=O)NCCCNC(=O)c3cc(OCCCS(=O)(=O)O)c(OCCCS(=O)(=O)O)c(OCCCS(=O)(=O)O)c3)cc2)cc1. The minimum absolute atomic E-state index is 0.0132. The van der Waals surface area contributed by atoms with Gasteiger partial charge in [-0.05, 0) is 130 Å². The molecular weight excluding hydrogens is 1300 g/mol. The van der Waals surface area contributed by atoms with Gasteiger partial charge in [-0.1, -0.05) is 0 Å². The number of hydrogen-bond acceptors (Lipinski definition) is 23. The molecule has 0 bridgehead atoms. The van der Waals surface area contributed by atoms with E-state index >= 15 is 0 Å². The number of ether oxygens (including phenoxy) is 6. The normalized spacial score (nSPS) is 12.0. The zero-order valence-electron chi connectivity index (χ0n) is 47.7. The van der Waals surface area contributed by atoms with Crippen LogP contribution in [0.4, 0.5) is 11.4 Å². The molecule has 0 aromatic heterocycles. The molecule has 4 amide bonds. The molecular formula is C52H70N6O25S6. The molecule has 4 rings (SSSR count). The monoisotopic (exact) mass is 1370 g/mol. The number of azo groups is 1. The van der Waals surface area contributed by atoms with Crippen molar-refractivity contribution in [1.82, 2.24) is 21.3 Å². The van der Waals surface area contributed by atoms with Crippen LogP contribution >= 0.6 is 12.6 Å². The molecule has 4 aromatic rings. The van der Waals surface area contributed by atoms with Crippen molar-refractivity contribution < 1.29 is 112 Å². The number of rotatable bonds is 43. The first-order valence-electron chi connectivity index (χ1n) is 27.1. The summed E-state index contributed by atoms with van der Waals surface area (Å²) in [5.41, 5.74) is 1.35. The van der Waals surface area contributed by atoms with Gasteiger partial charge in [-0.2, -0.15) is 64.9 Å². The van der Waals surface area contributed by atoms with Gasteiger partial charge in [0.1, 0.15) is 0 Å². The number of amides is 4. The van der Waals surface area contributed by atoms with Gasteiger partial charge in [0.2, 0.25) is 11.5 Å². The van der Waals surface area contributed by atoms with Crippen molar-refractivity contribution in [3.63, 3.8) is 0 Å². The third kappa shape index (κ3) is 31.4. The molecule has 0 unspecified atom stereocenters. The van der Waals surface area contributed by atoms with Crippen LogP contribution in [0.1, 0.15) is 92.8 Å². The summed E-state index contributed by atoms with van der Waals surface area (Å²) >= 11 is 4.18. The van der Waals surface area contributed by atoms with Crippen LogP contribution in [0.3, 0.4) is 0 Å². The number of thiol groups is 1. The first-order valence-corrected chi connectivity index (χ1v) is 35.8. The highest BCUT2D eigenvalue weighted by molar-refractivity contribution is 7.86. The molecule has 0 fully saturated rings. The molecule has 4 aromatic carbocycles. The number of nitrogens with one attached hydrogen (secondary N) is 4. The molecule has 0 aliphatic carbocycles. The van der Waals surface area contributed by atoms with E-state index in [0.29, 0.717) is 35.5 Å². The predicted octanol–water partition coefficient (Wildman–Crippen LogP) is 4.18.